The van der Waals surface area contributed by atoms with E-state index in [1.54, 1.807) is 18.7 Å². The zero-order valence-corrected chi connectivity index (χ0v) is 28.9. The van der Waals surface area contributed by atoms with Gasteiger partial charge in [-0.25, -0.2) is 4.79 Å². The van der Waals surface area contributed by atoms with E-state index < -0.39 is 5.97 Å². The number of hydrogen-bond donors (Lipinski definition) is 1. The molecule has 48 heavy (non-hydrogen) atoms. The normalized spacial score (nSPS) is 21.9. The molecule has 3 aliphatic rings. The molecular formula is C38H44ClN5O4. The van der Waals surface area contributed by atoms with Gasteiger partial charge in [0, 0.05) is 56.4 Å². The number of piperazine rings is 1. The lowest BCUT2D eigenvalue weighted by molar-refractivity contribution is -0.0893. The highest BCUT2D eigenvalue weighted by Gasteiger charge is 2.39. The summed E-state index contributed by atoms with van der Waals surface area (Å²) in [7, 11) is 3.13. The number of allylic oxidation sites excluding steroid dienone is 1. The lowest BCUT2D eigenvalue weighted by Gasteiger charge is -2.42. The van der Waals surface area contributed by atoms with Crippen LogP contribution in [-0.4, -0.2) is 91.6 Å². The number of rotatable bonds is 7. The van der Waals surface area contributed by atoms with Crippen molar-refractivity contribution in [3.05, 3.63) is 88.6 Å². The number of H-pyrrole nitrogens is 1. The number of fused-ring (bicyclic) bond motifs is 2. The molecule has 252 valence electrons. The molecule has 4 heterocycles. The number of aromatic nitrogens is 2. The van der Waals surface area contributed by atoms with Crippen LogP contribution in [0.3, 0.4) is 0 Å². The molecular weight excluding hydrogens is 626 g/mol. The van der Waals surface area contributed by atoms with Crippen LogP contribution < -0.4 is 9.64 Å². The Balaban J connectivity index is 1.14. The van der Waals surface area contributed by atoms with Gasteiger partial charge in [-0.2, -0.15) is 4.98 Å². The largest absolute Gasteiger partial charge is 0.465 e. The van der Waals surface area contributed by atoms with E-state index in [4.69, 9.17) is 30.8 Å². The van der Waals surface area contributed by atoms with Gasteiger partial charge >= 0.3 is 5.97 Å². The van der Waals surface area contributed by atoms with Gasteiger partial charge in [0.05, 0.1) is 24.9 Å². The van der Waals surface area contributed by atoms with Gasteiger partial charge in [-0.15, -0.1) is 0 Å². The first-order chi connectivity index (χ1) is 23.2. The van der Waals surface area contributed by atoms with Gasteiger partial charge in [0.1, 0.15) is 17.4 Å². The van der Waals surface area contributed by atoms with E-state index in [0.717, 1.165) is 73.0 Å². The Kier molecular flexibility index (Phi) is 9.22. The molecule has 0 saturated carbocycles. The standard InChI is InChI=1S/C38H44ClN5O4/c1-38(2)15-13-27(30(22-38)25-9-11-28(39)12-10-25)23-42-17-19-43(20-18-42)36-33(46-3)24-44(31-8-6-5-7-29(31)37(45)47-4)32-21-26-14-16-40-34(26)41-35(32)48-36/h5-12,14,16,21,33,36H,13,15,17-20,22-24H2,1-4H3,(H,40,41). The van der Waals surface area contributed by atoms with E-state index >= 15 is 0 Å². The number of anilines is 2. The topological polar surface area (TPSA) is 83.2 Å². The summed E-state index contributed by atoms with van der Waals surface area (Å²) in [5.74, 6) is 0.102. The summed E-state index contributed by atoms with van der Waals surface area (Å²) < 4.78 is 18.2. The smallest absolute Gasteiger partial charge is 0.339 e. The predicted molar refractivity (Wildman–Crippen MR) is 190 cm³/mol. The number of pyridine rings is 1. The number of nitrogens with one attached hydrogen (secondary N) is 1. The lowest BCUT2D eigenvalue weighted by atomic mass is 9.72. The highest BCUT2D eigenvalue weighted by Crippen LogP contribution is 2.44. The predicted octanol–water partition coefficient (Wildman–Crippen LogP) is 7.16. The van der Waals surface area contributed by atoms with Crippen molar-refractivity contribution >= 4 is 45.6 Å². The van der Waals surface area contributed by atoms with Crippen LogP contribution in [0.15, 0.2) is 72.4 Å². The minimum atomic E-state index is -0.398. The molecule has 7 rings (SSSR count). The number of esters is 1. The molecule has 4 aromatic rings. The first-order valence-corrected chi connectivity index (χ1v) is 17.2. The van der Waals surface area contributed by atoms with Crippen molar-refractivity contribution in [3.63, 3.8) is 0 Å². The number of nitrogens with zero attached hydrogens (tertiary/aromatic N) is 4. The van der Waals surface area contributed by atoms with Crippen molar-refractivity contribution in [2.24, 2.45) is 5.41 Å². The Bertz CT molecular complexity index is 1810. The molecule has 2 aromatic carbocycles. The fourth-order valence-corrected chi connectivity index (χ4v) is 7.55. The van der Waals surface area contributed by atoms with Crippen molar-refractivity contribution < 1.29 is 19.0 Å². The van der Waals surface area contributed by atoms with Gasteiger partial charge in [0.15, 0.2) is 6.23 Å². The Morgan fingerprint density at radius 1 is 1.04 bits per heavy atom. The van der Waals surface area contributed by atoms with Crippen LogP contribution in [0.4, 0.5) is 11.4 Å². The van der Waals surface area contributed by atoms with Crippen molar-refractivity contribution in [3.8, 4) is 5.88 Å². The van der Waals surface area contributed by atoms with E-state index in [2.05, 4.69) is 51.7 Å². The molecule has 0 radical (unpaired) electrons. The van der Waals surface area contributed by atoms with Crippen LogP contribution in [0.1, 0.15) is 49.0 Å². The summed E-state index contributed by atoms with van der Waals surface area (Å²) in [5, 5.41) is 1.73. The van der Waals surface area contributed by atoms with Crippen molar-refractivity contribution in [2.75, 3.05) is 58.4 Å². The van der Waals surface area contributed by atoms with Crippen LogP contribution >= 0.6 is 11.6 Å². The van der Waals surface area contributed by atoms with E-state index in [1.807, 2.05) is 42.6 Å². The Labute approximate surface area is 287 Å². The summed E-state index contributed by atoms with van der Waals surface area (Å²) in [6, 6.07) is 19.9. The van der Waals surface area contributed by atoms with Gasteiger partial charge in [0.25, 0.3) is 0 Å². The minimum Gasteiger partial charge on any atom is -0.465 e. The zero-order valence-electron chi connectivity index (χ0n) is 28.2. The third-order valence-electron chi connectivity index (χ3n) is 10.1. The quantitative estimate of drug-likeness (QED) is 0.208. The zero-order chi connectivity index (χ0) is 33.4. The van der Waals surface area contributed by atoms with Gasteiger partial charge in [-0.05, 0) is 72.2 Å². The van der Waals surface area contributed by atoms with Crippen LogP contribution in [0, 0.1) is 5.41 Å². The summed E-state index contributed by atoms with van der Waals surface area (Å²) >= 11 is 6.25. The highest BCUT2D eigenvalue weighted by molar-refractivity contribution is 6.30. The van der Waals surface area contributed by atoms with Crippen molar-refractivity contribution in [1.82, 2.24) is 19.8 Å². The maximum absolute atomic E-state index is 12.9. The Morgan fingerprint density at radius 2 is 1.81 bits per heavy atom. The van der Waals surface area contributed by atoms with Gasteiger partial charge in [-0.3, -0.25) is 9.80 Å². The maximum Gasteiger partial charge on any atom is 0.339 e. The number of para-hydroxylation sites is 1. The van der Waals surface area contributed by atoms with Gasteiger partial charge < -0.3 is 24.1 Å². The van der Waals surface area contributed by atoms with Crippen LogP contribution in [0.2, 0.25) is 5.02 Å². The second kappa shape index (κ2) is 13.6. The number of ether oxygens (including phenoxy) is 3. The Morgan fingerprint density at radius 3 is 2.56 bits per heavy atom. The van der Waals surface area contributed by atoms with E-state index in [9.17, 15) is 4.79 Å². The fraction of sp³-hybridized carbons (Fsp3) is 0.421. The second-order valence-electron chi connectivity index (χ2n) is 13.9. The van der Waals surface area contributed by atoms with Crippen LogP contribution in [0.25, 0.3) is 16.6 Å². The molecule has 10 heteroatoms. The van der Waals surface area contributed by atoms with Crippen molar-refractivity contribution in [1.29, 1.82) is 0 Å². The molecule has 0 bridgehead atoms. The summed E-state index contributed by atoms with van der Waals surface area (Å²) in [6.07, 6.45) is 4.56. The minimum absolute atomic E-state index is 0.282. The molecule has 2 atom stereocenters. The molecule has 1 saturated heterocycles. The number of carbonyl (C=O) groups is 1. The summed E-state index contributed by atoms with van der Waals surface area (Å²) in [6.45, 7) is 9.68. The lowest BCUT2D eigenvalue weighted by Crippen LogP contribution is -2.57. The highest BCUT2D eigenvalue weighted by atomic mass is 35.5. The first-order valence-electron chi connectivity index (χ1n) is 16.8. The number of benzene rings is 2. The average molecular weight is 670 g/mol. The number of aromatic amines is 1. The number of hydrogen-bond acceptors (Lipinski definition) is 8. The summed E-state index contributed by atoms with van der Waals surface area (Å²) in [5.41, 5.74) is 7.31. The number of methoxy groups -OCH3 is 2. The first kappa shape index (κ1) is 32.6. The van der Waals surface area contributed by atoms with Gasteiger partial charge in [0.2, 0.25) is 5.88 Å². The molecule has 0 spiro atoms. The van der Waals surface area contributed by atoms with Crippen molar-refractivity contribution in [2.45, 2.75) is 45.4 Å². The molecule has 2 aromatic heterocycles. The Hall–Kier alpha value is -3.89. The molecule has 1 N–H and O–H groups in total. The van der Waals surface area contributed by atoms with E-state index in [0.29, 0.717) is 18.0 Å². The molecule has 1 aliphatic carbocycles. The molecule has 1 fully saturated rings. The molecule has 2 unspecified atom stereocenters. The van der Waals surface area contributed by atoms with Crippen LogP contribution in [-0.2, 0) is 9.47 Å². The summed E-state index contributed by atoms with van der Waals surface area (Å²) in [4.78, 5) is 28.1. The van der Waals surface area contributed by atoms with Gasteiger partial charge in [-0.1, -0.05) is 55.3 Å². The molecule has 9 nitrogen and oxygen atoms in total. The number of halogens is 1. The monoisotopic (exact) mass is 669 g/mol. The maximum atomic E-state index is 12.9. The SMILES string of the molecule is COC(=O)c1ccccc1N1CC(OC)C(N2CCN(CC3=C(c4ccc(Cl)cc4)CC(C)(C)CC3)CC2)Oc2nc3[nH]ccc3cc21. The van der Waals surface area contributed by atoms with E-state index in [1.165, 1.54) is 24.7 Å². The fourth-order valence-electron chi connectivity index (χ4n) is 7.42. The number of carbonyl (C=O) groups excluding carboxylic acids is 1. The average Bonchev–Trinajstić information content (AvgIpc) is 3.49. The van der Waals surface area contributed by atoms with E-state index in [-0.39, 0.29) is 17.7 Å². The molecule has 2 aliphatic heterocycles. The second-order valence-corrected chi connectivity index (χ2v) is 14.3. The van der Waals surface area contributed by atoms with Crippen LogP contribution in [0.5, 0.6) is 5.88 Å². The molecule has 0 amide bonds. The third kappa shape index (κ3) is 6.57. The third-order valence-corrected chi connectivity index (χ3v) is 10.4.